The molecule has 0 saturated heterocycles. The van der Waals surface area contributed by atoms with Crippen LogP contribution in [-0.2, 0) is 13.3 Å². The third-order valence-electron chi connectivity index (χ3n) is 3.28. The lowest BCUT2D eigenvalue weighted by Crippen LogP contribution is -2.51. The highest BCUT2D eigenvalue weighted by Crippen LogP contribution is 2.24. The van der Waals surface area contributed by atoms with Gasteiger partial charge in [0, 0.05) is 24.4 Å². The fraction of sp³-hybridized carbons (Fsp3) is 1.00. The van der Waals surface area contributed by atoms with E-state index in [1.807, 2.05) is 0 Å². The van der Waals surface area contributed by atoms with Crippen molar-refractivity contribution in [1.82, 2.24) is 0 Å². The minimum absolute atomic E-state index is 0.166. The summed E-state index contributed by atoms with van der Waals surface area (Å²) in [5.74, 6) is 0.732. The molecule has 0 heterocycles. The lowest BCUT2D eigenvalue weighted by atomic mass is 10.3. The fourth-order valence-corrected chi connectivity index (χ4v) is 5.52. The highest BCUT2D eigenvalue weighted by atomic mass is 32.1. The molecule has 0 saturated carbocycles. The van der Waals surface area contributed by atoms with Crippen LogP contribution in [0.5, 0.6) is 0 Å². The van der Waals surface area contributed by atoms with Gasteiger partial charge in [0.05, 0.1) is 0 Å². The molecule has 5 heteroatoms. The van der Waals surface area contributed by atoms with Crippen LogP contribution in [0, 0.1) is 0 Å². The number of hydrogen-bond donors (Lipinski definition) is 1. The minimum Gasteiger partial charge on any atom is -0.371 e. The van der Waals surface area contributed by atoms with Crippen molar-refractivity contribution >= 4 is 21.4 Å². The second-order valence-corrected chi connectivity index (χ2v) is 8.19. The van der Waals surface area contributed by atoms with E-state index in [0.29, 0.717) is 0 Å². The van der Waals surface area contributed by atoms with Gasteiger partial charge >= 0.3 is 8.80 Å². The van der Waals surface area contributed by atoms with Gasteiger partial charge in [-0.2, -0.15) is 12.6 Å². The highest BCUT2D eigenvalue weighted by molar-refractivity contribution is 7.80. The van der Waals surface area contributed by atoms with E-state index in [1.54, 1.807) is 0 Å². The molecule has 0 N–H and O–H groups in total. The van der Waals surface area contributed by atoms with Crippen molar-refractivity contribution in [1.29, 1.82) is 0 Å². The van der Waals surface area contributed by atoms with Crippen molar-refractivity contribution in [2.45, 2.75) is 85.2 Å². The Morgan fingerprint density at radius 1 is 0.789 bits per heavy atom. The first-order chi connectivity index (χ1) is 8.92. The summed E-state index contributed by atoms with van der Waals surface area (Å²) in [4.78, 5) is 0. The first-order valence-electron chi connectivity index (χ1n) is 7.57. The molecular formula is C14H32O3SSi. The summed E-state index contributed by atoms with van der Waals surface area (Å²) < 4.78 is 18.7. The maximum Gasteiger partial charge on any atom is 0.502 e. The van der Waals surface area contributed by atoms with Gasteiger partial charge in [0.2, 0.25) is 0 Å². The van der Waals surface area contributed by atoms with Crippen molar-refractivity contribution in [2.75, 3.05) is 5.75 Å². The molecule has 0 fully saturated rings. The van der Waals surface area contributed by atoms with Crippen molar-refractivity contribution in [2.24, 2.45) is 0 Å². The summed E-state index contributed by atoms with van der Waals surface area (Å²) in [7, 11) is -2.62. The van der Waals surface area contributed by atoms with Gasteiger partial charge in [0.15, 0.2) is 0 Å². The summed E-state index contributed by atoms with van der Waals surface area (Å²) in [6.07, 6.45) is 3.40. The van der Waals surface area contributed by atoms with Crippen LogP contribution in [0.4, 0.5) is 0 Å². The normalized spacial score (nSPS) is 19.7. The first kappa shape index (κ1) is 19.4. The summed E-state index contributed by atoms with van der Waals surface area (Å²) in [5, 5.41) is 0. The Kier molecular flexibility index (Phi) is 10.5. The molecule has 3 unspecified atom stereocenters. The molecule has 0 aliphatic rings. The molecule has 0 bridgehead atoms. The van der Waals surface area contributed by atoms with Crippen LogP contribution in [0.15, 0.2) is 0 Å². The van der Waals surface area contributed by atoms with Gasteiger partial charge in [-0.25, -0.2) is 0 Å². The van der Waals surface area contributed by atoms with E-state index in [9.17, 15) is 0 Å². The maximum atomic E-state index is 6.22. The predicted octanol–water partition coefficient (Wildman–Crippen LogP) is 4.30. The zero-order chi connectivity index (χ0) is 14.9. The predicted molar refractivity (Wildman–Crippen MR) is 86.9 cm³/mol. The molecular weight excluding hydrogens is 276 g/mol. The Balaban J connectivity index is 4.96. The third-order valence-corrected chi connectivity index (χ3v) is 7.08. The second-order valence-electron chi connectivity index (χ2n) is 5.17. The van der Waals surface area contributed by atoms with Crippen LogP contribution in [0.3, 0.4) is 0 Å². The van der Waals surface area contributed by atoms with Crippen molar-refractivity contribution in [3.63, 3.8) is 0 Å². The molecule has 116 valence electrons. The monoisotopic (exact) mass is 308 g/mol. The molecule has 3 atom stereocenters. The summed E-state index contributed by atoms with van der Waals surface area (Å²) >= 11 is 4.36. The minimum atomic E-state index is -2.62. The van der Waals surface area contributed by atoms with E-state index in [0.717, 1.165) is 31.1 Å². The molecule has 0 aromatic carbocycles. The summed E-state index contributed by atoms with van der Waals surface area (Å²) in [5.41, 5.74) is 0. The molecule has 0 aromatic heterocycles. The van der Waals surface area contributed by atoms with Gasteiger partial charge in [-0.1, -0.05) is 20.8 Å². The van der Waals surface area contributed by atoms with E-state index in [4.69, 9.17) is 13.3 Å². The zero-order valence-electron chi connectivity index (χ0n) is 13.4. The van der Waals surface area contributed by atoms with Gasteiger partial charge < -0.3 is 13.3 Å². The van der Waals surface area contributed by atoms with Gasteiger partial charge in [0.1, 0.15) is 0 Å². The number of thiol groups is 1. The fourth-order valence-electron chi connectivity index (χ4n) is 1.57. The molecule has 0 aliphatic heterocycles. The molecule has 0 aliphatic carbocycles. The standard InChI is InChI=1S/C14H32O3SSi/c1-7-12(4)15-19(11-10-18,16-13(5)8-2)17-14(6)9-3/h12-14,18H,7-11H2,1-6H3. The molecule has 0 spiro atoms. The smallest absolute Gasteiger partial charge is 0.371 e. The van der Waals surface area contributed by atoms with Crippen LogP contribution < -0.4 is 0 Å². The molecule has 0 aromatic rings. The SMILES string of the molecule is CCC(C)O[Si](CCS)(OC(C)CC)OC(C)CC. The lowest BCUT2D eigenvalue weighted by molar-refractivity contribution is -0.00961. The second kappa shape index (κ2) is 10.2. The van der Waals surface area contributed by atoms with Crippen LogP contribution >= 0.6 is 12.6 Å². The Hall–Kier alpha value is 0.447. The van der Waals surface area contributed by atoms with E-state index >= 15 is 0 Å². The Bertz CT molecular complexity index is 197. The van der Waals surface area contributed by atoms with Crippen molar-refractivity contribution < 1.29 is 13.3 Å². The lowest BCUT2D eigenvalue weighted by Gasteiger charge is -2.36. The number of rotatable bonds is 11. The largest absolute Gasteiger partial charge is 0.502 e. The number of hydrogen-bond acceptors (Lipinski definition) is 4. The van der Waals surface area contributed by atoms with E-state index in [2.05, 4.69) is 54.2 Å². The van der Waals surface area contributed by atoms with Crippen LogP contribution in [0.25, 0.3) is 0 Å². The van der Waals surface area contributed by atoms with E-state index < -0.39 is 8.80 Å². The molecule has 0 radical (unpaired) electrons. The Morgan fingerprint density at radius 2 is 1.11 bits per heavy atom. The van der Waals surface area contributed by atoms with Crippen molar-refractivity contribution in [3.05, 3.63) is 0 Å². The third kappa shape index (κ3) is 7.71. The van der Waals surface area contributed by atoms with Gasteiger partial charge in [-0.15, -0.1) is 0 Å². The highest BCUT2D eigenvalue weighted by Gasteiger charge is 2.44. The zero-order valence-corrected chi connectivity index (χ0v) is 15.3. The summed E-state index contributed by atoms with van der Waals surface area (Å²) in [6.45, 7) is 12.6. The summed E-state index contributed by atoms with van der Waals surface area (Å²) in [6, 6.07) is 0.773. The average molecular weight is 309 g/mol. The Labute approximate surface area is 126 Å². The van der Waals surface area contributed by atoms with Crippen LogP contribution in [0.1, 0.15) is 60.8 Å². The van der Waals surface area contributed by atoms with Crippen LogP contribution in [-0.4, -0.2) is 32.9 Å². The van der Waals surface area contributed by atoms with E-state index in [-0.39, 0.29) is 18.3 Å². The average Bonchev–Trinajstić information content (AvgIpc) is 2.38. The van der Waals surface area contributed by atoms with E-state index in [1.165, 1.54) is 0 Å². The quantitative estimate of drug-likeness (QED) is 0.455. The topological polar surface area (TPSA) is 27.7 Å². The van der Waals surface area contributed by atoms with Gasteiger partial charge in [-0.3, -0.25) is 0 Å². The molecule has 0 rings (SSSR count). The van der Waals surface area contributed by atoms with Gasteiger partial charge in [0.25, 0.3) is 0 Å². The molecule has 0 amide bonds. The first-order valence-corrected chi connectivity index (χ1v) is 10.1. The van der Waals surface area contributed by atoms with Crippen LogP contribution in [0.2, 0.25) is 6.04 Å². The molecule has 3 nitrogen and oxygen atoms in total. The van der Waals surface area contributed by atoms with Crippen molar-refractivity contribution in [3.8, 4) is 0 Å². The maximum absolute atomic E-state index is 6.22. The Morgan fingerprint density at radius 3 is 1.32 bits per heavy atom. The molecule has 19 heavy (non-hydrogen) atoms. The van der Waals surface area contributed by atoms with Gasteiger partial charge in [-0.05, 0) is 45.8 Å².